The van der Waals surface area contributed by atoms with E-state index in [2.05, 4.69) is 9.99 Å². The van der Waals surface area contributed by atoms with Gasteiger partial charge < -0.3 is 15.5 Å². The number of nitrogens with two attached hydrogens (primary N) is 1. The van der Waals surface area contributed by atoms with Gasteiger partial charge >= 0.3 is 0 Å². The lowest BCUT2D eigenvalue weighted by molar-refractivity contribution is 0.387. The smallest absolute Gasteiger partial charge is 0.220 e. The minimum atomic E-state index is -0.418. The molecular formula is C13H17FN4O. The molecule has 0 amide bonds. The Morgan fingerprint density at radius 1 is 1.26 bits per heavy atom. The molecule has 0 unspecified atom stereocenters. The zero-order chi connectivity index (χ0) is 13.4. The maximum atomic E-state index is 13.7. The van der Waals surface area contributed by atoms with Crippen molar-refractivity contribution < 1.29 is 9.13 Å². The molecule has 2 N–H and O–H groups in total. The van der Waals surface area contributed by atoms with Crippen LogP contribution in [0, 0.1) is 5.82 Å². The van der Waals surface area contributed by atoms with Gasteiger partial charge in [0, 0.05) is 25.2 Å². The maximum Gasteiger partial charge on any atom is 0.220 e. The van der Waals surface area contributed by atoms with Gasteiger partial charge in [-0.15, -0.1) is 0 Å². The van der Waals surface area contributed by atoms with E-state index in [0.29, 0.717) is 11.5 Å². The van der Waals surface area contributed by atoms with E-state index >= 15 is 0 Å². The van der Waals surface area contributed by atoms with Crippen LogP contribution in [0.1, 0.15) is 19.3 Å². The number of anilines is 1. The number of nitrogen functional groups attached to an aromatic ring is 1. The third-order valence-electron chi connectivity index (χ3n) is 3.54. The van der Waals surface area contributed by atoms with E-state index < -0.39 is 5.82 Å². The molecule has 102 valence electrons. The fourth-order valence-electron chi connectivity index (χ4n) is 2.62. The molecule has 5 nitrogen and oxygen atoms in total. The number of piperidine rings is 1. The van der Waals surface area contributed by atoms with Crippen molar-refractivity contribution in [2.45, 2.75) is 19.3 Å². The van der Waals surface area contributed by atoms with Crippen LogP contribution in [0.5, 0.6) is 5.75 Å². The fourth-order valence-corrected chi connectivity index (χ4v) is 2.62. The van der Waals surface area contributed by atoms with Crippen molar-refractivity contribution >= 4 is 17.0 Å². The van der Waals surface area contributed by atoms with E-state index in [1.807, 2.05) is 4.68 Å². The van der Waals surface area contributed by atoms with Crippen LogP contribution in [-0.4, -0.2) is 29.9 Å². The van der Waals surface area contributed by atoms with Crippen molar-refractivity contribution in [3.8, 4) is 5.75 Å². The summed E-state index contributed by atoms with van der Waals surface area (Å²) in [5.41, 5.74) is 7.32. The summed E-state index contributed by atoms with van der Waals surface area (Å²) in [7, 11) is 1.45. The Bertz CT molecular complexity index is 604. The molecule has 0 radical (unpaired) electrons. The van der Waals surface area contributed by atoms with Gasteiger partial charge in [-0.05, 0) is 19.3 Å². The van der Waals surface area contributed by atoms with Crippen LogP contribution in [0.4, 0.5) is 10.3 Å². The number of halogens is 1. The highest BCUT2D eigenvalue weighted by Gasteiger charge is 2.18. The van der Waals surface area contributed by atoms with E-state index in [9.17, 15) is 4.39 Å². The lowest BCUT2D eigenvalue weighted by atomic mass is 10.2. The molecular weight excluding hydrogens is 247 g/mol. The van der Waals surface area contributed by atoms with Crippen LogP contribution < -0.4 is 15.5 Å². The van der Waals surface area contributed by atoms with E-state index in [1.165, 1.54) is 19.6 Å². The Morgan fingerprint density at radius 3 is 2.68 bits per heavy atom. The van der Waals surface area contributed by atoms with E-state index in [1.54, 1.807) is 6.07 Å². The first kappa shape index (κ1) is 12.1. The normalized spacial score (nSPS) is 16.0. The molecule has 6 heteroatoms. The quantitative estimate of drug-likeness (QED) is 0.900. The lowest BCUT2D eigenvalue weighted by Gasteiger charge is -2.30. The Labute approximate surface area is 110 Å². The predicted molar refractivity (Wildman–Crippen MR) is 72.5 cm³/mol. The summed E-state index contributed by atoms with van der Waals surface area (Å²) in [6.45, 7) is 1.88. The molecule has 2 aromatic rings. The van der Waals surface area contributed by atoms with Gasteiger partial charge in [0.05, 0.1) is 18.1 Å². The SMILES string of the molecule is COc1cc2c(cc1F)nc(N)n2N1CCCCC1. The van der Waals surface area contributed by atoms with Gasteiger partial charge in [-0.3, -0.25) is 0 Å². The van der Waals surface area contributed by atoms with Crippen molar-refractivity contribution in [2.24, 2.45) is 0 Å². The summed E-state index contributed by atoms with van der Waals surface area (Å²) in [6, 6.07) is 3.02. The zero-order valence-corrected chi connectivity index (χ0v) is 10.9. The van der Waals surface area contributed by atoms with Gasteiger partial charge in [-0.25, -0.2) is 14.1 Å². The molecule has 1 saturated heterocycles. The van der Waals surface area contributed by atoms with Crippen molar-refractivity contribution in [1.29, 1.82) is 0 Å². The van der Waals surface area contributed by atoms with Crippen LogP contribution in [0.25, 0.3) is 11.0 Å². The molecule has 2 heterocycles. The second-order valence-electron chi connectivity index (χ2n) is 4.77. The monoisotopic (exact) mass is 264 g/mol. The van der Waals surface area contributed by atoms with Crippen LogP contribution in [0.15, 0.2) is 12.1 Å². The number of benzene rings is 1. The standard InChI is InChI=1S/C13H17FN4O/c1-19-12-8-11-10(7-9(12)14)16-13(15)18(11)17-5-3-2-4-6-17/h7-8H,2-6H2,1H3,(H2,15,16). The van der Waals surface area contributed by atoms with Gasteiger partial charge in [-0.1, -0.05) is 0 Å². The highest BCUT2D eigenvalue weighted by Crippen LogP contribution is 2.27. The van der Waals surface area contributed by atoms with Crippen LogP contribution >= 0.6 is 0 Å². The minimum Gasteiger partial charge on any atom is -0.494 e. The van der Waals surface area contributed by atoms with E-state index in [4.69, 9.17) is 10.5 Å². The topological polar surface area (TPSA) is 56.3 Å². The molecule has 19 heavy (non-hydrogen) atoms. The average Bonchev–Trinajstić information content (AvgIpc) is 2.73. The summed E-state index contributed by atoms with van der Waals surface area (Å²) in [5.74, 6) is 0.188. The molecule has 1 aromatic heterocycles. The molecule has 1 aliphatic heterocycles. The second-order valence-corrected chi connectivity index (χ2v) is 4.77. The fraction of sp³-hybridized carbons (Fsp3) is 0.462. The number of hydrogen-bond donors (Lipinski definition) is 1. The van der Waals surface area contributed by atoms with E-state index in [0.717, 1.165) is 31.4 Å². The predicted octanol–water partition coefficient (Wildman–Crippen LogP) is 1.89. The van der Waals surface area contributed by atoms with Gasteiger partial charge in [0.15, 0.2) is 11.6 Å². The third kappa shape index (κ3) is 1.97. The number of nitrogens with zero attached hydrogens (tertiary/aromatic N) is 3. The largest absolute Gasteiger partial charge is 0.494 e. The van der Waals surface area contributed by atoms with Gasteiger partial charge in [0.1, 0.15) is 0 Å². The van der Waals surface area contributed by atoms with Gasteiger partial charge in [-0.2, -0.15) is 0 Å². The zero-order valence-electron chi connectivity index (χ0n) is 10.9. The second kappa shape index (κ2) is 4.60. The molecule has 0 spiro atoms. The lowest BCUT2D eigenvalue weighted by Crippen LogP contribution is -2.39. The molecule has 0 atom stereocenters. The molecule has 1 aromatic carbocycles. The molecule has 1 fully saturated rings. The van der Waals surface area contributed by atoms with Crippen LogP contribution in [0.2, 0.25) is 0 Å². The summed E-state index contributed by atoms with van der Waals surface area (Å²) in [6.07, 6.45) is 3.51. The number of fused-ring (bicyclic) bond motifs is 1. The number of ether oxygens (including phenoxy) is 1. The Morgan fingerprint density at radius 2 is 2.00 bits per heavy atom. The number of imidazole rings is 1. The van der Waals surface area contributed by atoms with Crippen molar-refractivity contribution in [3.05, 3.63) is 17.9 Å². The van der Waals surface area contributed by atoms with Crippen LogP contribution in [0.3, 0.4) is 0 Å². The Kier molecular flexibility index (Phi) is 2.93. The highest BCUT2D eigenvalue weighted by atomic mass is 19.1. The molecule has 1 aliphatic rings. The molecule has 0 saturated carbocycles. The summed E-state index contributed by atoms with van der Waals surface area (Å²) in [4.78, 5) is 4.23. The molecule has 3 rings (SSSR count). The van der Waals surface area contributed by atoms with Gasteiger partial charge in [0.2, 0.25) is 5.95 Å². The van der Waals surface area contributed by atoms with Crippen molar-refractivity contribution in [1.82, 2.24) is 9.66 Å². The number of rotatable bonds is 2. The first-order valence-corrected chi connectivity index (χ1v) is 6.47. The maximum absolute atomic E-state index is 13.7. The molecule has 0 bridgehead atoms. The number of aromatic nitrogens is 2. The minimum absolute atomic E-state index is 0.214. The Balaban J connectivity index is 2.14. The average molecular weight is 264 g/mol. The summed E-state index contributed by atoms with van der Waals surface area (Å²) < 4.78 is 20.6. The summed E-state index contributed by atoms with van der Waals surface area (Å²) >= 11 is 0. The third-order valence-corrected chi connectivity index (χ3v) is 3.54. The number of hydrogen-bond acceptors (Lipinski definition) is 4. The van der Waals surface area contributed by atoms with E-state index in [-0.39, 0.29) is 5.75 Å². The van der Waals surface area contributed by atoms with Crippen molar-refractivity contribution in [3.63, 3.8) is 0 Å². The van der Waals surface area contributed by atoms with Crippen LogP contribution in [-0.2, 0) is 0 Å². The summed E-state index contributed by atoms with van der Waals surface area (Å²) in [5, 5.41) is 2.16. The Hall–Kier alpha value is -1.98. The number of methoxy groups -OCH3 is 1. The molecule has 0 aliphatic carbocycles. The first-order chi connectivity index (χ1) is 9.20. The first-order valence-electron chi connectivity index (χ1n) is 6.47. The van der Waals surface area contributed by atoms with Crippen molar-refractivity contribution in [2.75, 3.05) is 30.9 Å². The van der Waals surface area contributed by atoms with Gasteiger partial charge in [0.25, 0.3) is 0 Å². The highest BCUT2D eigenvalue weighted by molar-refractivity contribution is 5.80.